The first-order valence-corrected chi connectivity index (χ1v) is 6.63. The lowest BCUT2D eigenvalue weighted by molar-refractivity contribution is 0.117. The van der Waals surface area contributed by atoms with Crippen LogP contribution in [0, 0.1) is 0 Å². The Balaban J connectivity index is 2.02. The second kappa shape index (κ2) is 5.10. The van der Waals surface area contributed by atoms with E-state index in [-0.39, 0.29) is 12.1 Å². The summed E-state index contributed by atoms with van der Waals surface area (Å²) in [6, 6.07) is 4.47. The minimum Gasteiger partial charge on any atom is -0.386 e. The molecule has 0 aliphatic carbocycles. The Bertz CT molecular complexity index is 304. The van der Waals surface area contributed by atoms with E-state index < -0.39 is 0 Å². The average Bonchev–Trinajstić information content (AvgIpc) is 2.78. The molecule has 1 fully saturated rings. The summed E-state index contributed by atoms with van der Waals surface area (Å²) in [5, 5.41) is 13.6. The van der Waals surface area contributed by atoms with Crippen molar-refractivity contribution in [2.75, 3.05) is 6.54 Å². The highest BCUT2D eigenvalue weighted by atomic mass is 32.1. The highest BCUT2D eigenvalue weighted by Gasteiger charge is 2.23. The summed E-state index contributed by atoms with van der Waals surface area (Å²) < 4.78 is 0. The van der Waals surface area contributed by atoms with Crippen molar-refractivity contribution < 1.29 is 5.11 Å². The number of nitrogens with one attached hydrogen (secondary N) is 1. The van der Waals surface area contributed by atoms with Crippen LogP contribution in [0.15, 0.2) is 12.1 Å². The number of thiophene rings is 1. The maximum Gasteiger partial charge on any atom is 0.103 e. The van der Waals surface area contributed by atoms with Gasteiger partial charge in [-0.25, -0.2) is 0 Å². The van der Waals surface area contributed by atoms with Crippen LogP contribution in [0.1, 0.15) is 42.0 Å². The Kier molecular flexibility index (Phi) is 3.78. The lowest BCUT2D eigenvalue weighted by Crippen LogP contribution is -2.38. The van der Waals surface area contributed by atoms with Crippen LogP contribution in [0.2, 0.25) is 0 Å². The molecule has 2 unspecified atom stereocenters. The zero-order valence-electron chi connectivity index (χ0n) is 9.20. The van der Waals surface area contributed by atoms with E-state index >= 15 is 0 Å². The maximum absolute atomic E-state index is 10.2. The van der Waals surface area contributed by atoms with Crippen LogP contribution in [-0.2, 0) is 6.42 Å². The topological polar surface area (TPSA) is 32.3 Å². The molecule has 0 radical (unpaired) electrons. The number of aryl methyl sites for hydroxylation is 1. The Morgan fingerprint density at radius 1 is 1.53 bits per heavy atom. The largest absolute Gasteiger partial charge is 0.386 e. The van der Waals surface area contributed by atoms with Gasteiger partial charge in [0.25, 0.3) is 0 Å². The quantitative estimate of drug-likeness (QED) is 0.828. The van der Waals surface area contributed by atoms with Gasteiger partial charge in [0.05, 0.1) is 0 Å². The van der Waals surface area contributed by atoms with Crippen molar-refractivity contribution in [1.29, 1.82) is 0 Å². The minimum absolute atomic E-state index is 0.266. The molecule has 1 aromatic rings. The molecule has 1 aliphatic rings. The molecule has 0 bridgehead atoms. The number of rotatable bonds is 3. The minimum atomic E-state index is -0.310. The van der Waals surface area contributed by atoms with Gasteiger partial charge >= 0.3 is 0 Å². The Hall–Kier alpha value is -0.380. The molecular weight excluding hydrogens is 206 g/mol. The monoisotopic (exact) mass is 225 g/mol. The van der Waals surface area contributed by atoms with Gasteiger partial charge in [-0.05, 0) is 37.9 Å². The molecule has 2 heterocycles. The van der Waals surface area contributed by atoms with Crippen molar-refractivity contribution in [3.8, 4) is 0 Å². The number of hydrogen-bond donors (Lipinski definition) is 2. The van der Waals surface area contributed by atoms with Gasteiger partial charge in [-0.15, -0.1) is 11.3 Å². The third kappa shape index (κ3) is 2.60. The van der Waals surface area contributed by atoms with Gasteiger partial charge < -0.3 is 10.4 Å². The Morgan fingerprint density at radius 2 is 2.40 bits per heavy atom. The smallest absolute Gasteiger partial charge is 0.103 e. The first kappa shape index (κ1) is 11.1. The van der Waals surface area contributed by atoms with E-state index in [2.05, 4.69) is 24.4 Å². The molecule has 3 heteroatoms. The number of hydrogen-bond acceptors (Lipinski definition) is 3. The number of piperidine rings is 1. The van der Waals surface area contributed by atoms with E-state index in [0.29, 0.717) is 0 Å². The molecule has 0 amide bonds. The van der Waals surface area contributed by atoms with E-state index in [1.54, 1.807) is 11.3 Å². The van der Waals surface area contributed by atoms with Crippen LogP contribution in [0.5, 0.6) is 0 Å². The third-order valence-electron chi connectivity index (χ3n) is 3.05. The molecule has 84 valence electrons. The lowest BCUT2D eigenvalue weighted by atomic mass is 9.99. The fourth-order valence-electron chi connectivity index (χ4n) is 2.09. The maximum atomic E-state index is 10.2. The molecule has 1 aliphatic heterocycles. The first-order chi connectivity index (χ1) is 7.31. The van der Waals surface area contributed by atoms with Crippen LogP contribution in [0.4, 0.5) is 0 Å². The van der Waals surface area contributed by atoms with Crippen molar-refractivity contribution in [1.82, 2.24) is 5.32 Å². The molecule has 0 aromatic carbocycles. The van der Waals surface area contributed by atoms with Crippen molar-refractivity contribution in [2.24, 2.45) is 0 Å². The van der Waals surface area contributed by atoms with Crippen LogP contribution in [0.3, 0.4) is 0 Å². The summed E-state index contributed by atoms with van der Waals surface area (Å²) in [7, 11) is 0. The highest BCUT2D eigenvalue weighted by Crippen LogP contribution is 2.28. The van der Waals surface area contributed by atoms with Gasteiger partial charge in [0, 0.05) is 15.8 Å². The number of aliphatic hydroxyl groups is 1. The Labute approximate surface area is 95.3 Å². The SMILES string of the molecule is CCc1ccc(C(O)C2CCCCN2)s1. The molecule has 0 saturated carbocycles. The number of aliphatic hydroxyl groups excluding tert-OH is 1. The lowest BCUT2D eigenvalue weighted by Gasteiger charge is -2.27. The predicted octanol–water partition coefficient (Wildman–Crippen LogP) is 2.49. The standard InChI is InChI=1S/C12H19NOS/c1-2-9-6-7-11(15-9)12(14)10-5-3-4-8-13-10/h6-7,10,12-14H,2-5,8H2,1H3. The van der Waals surface area contributed by atoms with Gasteiger partial charge in [0.2, 0.25) is 0 Å². The van der Waals surface area contributed by atoms with Crippen LogP contribution in [0.25, 0.3) is 0 Å². The van der Waals surface area contributed by atoms with E-state index in [4.69, 9.17) is 0 Å². The van der Waals surface area contributed by atoms with Crippen molar-refractivity contribution in [3.63, 3.8) is 0 Å². The fraction of sp³-hybridized carbons (Fsp3) is 0.667. The van der Waals surface area contributed by atoms with Gasteiger partial charge in [0.1, 0.15) is 6.10 Å². The second-order valence-corrected chi connectivity index (χ2v) is 5.36. The van der Waals surface area contributed by atoms with Crippen molar-refractivity contribution >= 4 is 11.3 Å². The van der Waals surface area contributed by atoms with Crippen molar-refractivity contribution in [3.05, 3.63) is 21.9 Å². The van der Waals surface area contributed by atoms with Gasteiger partial charge in [0.15, 0.2) is 0 Å². The molecule has 1 aromatic heterocycles. The summed E-state index contributed by atoms with van der Waals surface area (Å²) in [6.45, 7) is 3.20. The van der Waals surface area contributed by atoms with E-state index in [1.165, 1.54) is 17.7 Å². The molecule has 1 saturated heterocycles. The van der Waals surface area contributed by atoms with Gasteiger partial charge in [-0.3, -0.25) is 0 Å². The predicted molar refractivity (Wildman–Crippen MR) is 64.3 cm³/mol. The molecule has 2 rings (SSSR count). The molecule has 2 N–H and O–H groups in total. The summed E-state index contributed by atoms with van der Waals surface area (Å²) in [6.07, 6.45) is 4.33. The van der Waals surface area contributed by atoms with Crippen LogP contribution in [-0.4, -0.2) is 17.7 Å². The first-order valence-electron chi connectivity index (χ1n) is 5.81. The Morgan fingerprint density at radius 3 is 3.00 bits per heavy atom. The molecule has 2 atom stereocenters. The van der Waals surface area contributed by atoms with Crippen molar-refractivity contribution in [2.45, 2.75) is 44.8 Å². The average molecular weight is 225 g/mol. The van der Waals surface area contributed by atoms with E-state index in [9.17, 15) is 5.11 Å². The molecule has 15 heavy (non-hydrogen) atoms. The summed E-state index contributed by atoms with van der Waals surface area (Å²) in [4.78, 5) is 2.48. The zero-order valence-corrected chi connectivity index (χ0v) is 10.0. The normalized spacial score (nSPS) is 24.0. The van der Waals surface area contributed by atoms with Gasteiger partial charge in [-0.1, -0.05) is 13.3 Å². The third-order valence-corrected chi connectivity index (χ3v) is 4.35. The van der Waals surface area contributed by atoms with E-state index in [1.807, 2.05) is 0 Å². The molecule has 0 spiro atoms. The molecule has 2 nitrogen and oxygen atoms in total. The highest BCUT2D eigenvalue weighted by molar-refractivity contribution is 7.12. The summed E-state index contributed by atoms with van der Waals surface area (Å²) in [5.74, 6) is 0. The summed E-state index contributed by atoms with van der Waals surface area (Å²) in [5.41, 5.74) is 0. The fourth-order valence-corrected chi connectivity index (χ4v) is 3.09. The van der Waals surface area contributed by atoms with E-state index in [0.717, 1.165) is 24.3 Å². The zero-order chi connectivity index (χ0) is 10.7. The van der Waals surface area contributed by atoms with Crippen LogP contribution >= 0.6 is 11.3 Å². The van der Waals surface area contributed by atoms with Gasteiger partial charge in [-0.2, -0.15) is 0 Å². The summed E-state index contributed by atoms with van der Waals surface area (Å²) >= 11 is 1.74. The second-order valence-electron chi connectivity index (χ2n) is 4.16. The van der Waals surface area contributed by atoms with Crippen LogP contribution < -0.4 is 5.32 Å². The molecular formula is C12H19NOS.